The second-order valence-electron chi connectivity index (χ2n) is 4.13. The fourth-order valence-electron chi connectivity index (χ4n) is 1.80. The first kappa shape index (κ1) is 12.3. The van der Waals surface area contributed by atoms with Crippen LogP contribution >= 0.6 is 0 Å². The topological polar surface area (TPSA) is 78.9 Å². The average Bonchev–Trinajstić information content (AvgIpc) is 2.86. The molecule has 0 aliphatic carbocycles. The molecule has 18 heavy (non-hydrogen) atoms. The lowest BCUT2D eigenvalue weighted by atomic mass is 10.1. The van der Waals surface area contributed by atoms with Crippen molar-refractivity contribution < 1.29 is 4.74 Å². The maximum absolute atomic E-state index is 5.89. The number of nitrogens with zero attached hydrogens (tertiary/aromatic N) is 4. The lowest BCUT2D eigenvalue weighted by molar-refractivity contribution is 0.416. The van der Waals surface area contributed by atoms with E-state index in [1.54, 1.807) is 17.9 Å². The molecule has 1 aromatic heterocycles. The summed E-state index contributed by atoms with van der Waals surface area (Å²) in [5.74, 6) is 1.28. The zero-order valence-corrected chi connectivity index (χ0v) is 10.8. The van der Waals surface area contributed by atoms with Gasteiger partial charge in [0.15, 0.2) is 11.6 Å². The van der Waals surface area contributed by atoms with Gasteiger partial charge in [-0.3, -0.25) is 0 Å². The normalized spacial score (nSPS) is 12.4. The Morgan fingerprint density at radius 1 is 1.44 bits per heavy atom. The molecule has 0 fully saturated rings. The van der Waals surface area contributed by atoms with Gasteiger partial charge in [-0.2, -0.15) is 0 Å². The highest BCUT2D eigenvalue weighted by Crippen LogP contribution is 2.34. The van der Waals surface area contributed by atoms with Crippen molar-refractivity contribution in [3.63, 3.8) is 0 Å². The summed E-state index contributed by atoms with van der Waals surface area (Å²) in [6.07, 6.45) is 0.947. The van der Waals surface area contributed by atoms with Crippen LogP contribution in [-0.2, 0) is 0 Å². The number of hydrogen-bond donors (Lipinski definition) is 1. The predicted molar refractivity (Wildman–Crippen MR) is 69.2 cm³/mol. The molecule has 0 spiro atoms. The number of tetrazole rings is 1. The van der Waals surface area contributed by atoms with Gasteiger partial charge in [0.05, 0.1) is 24.4 Å². The van der Waals surface area contributed by atoms with Crippen LogP contribution < -0.4 is 10.5 Å². The fourth-order valence-corrected chi connectivity index (χ4v) is 1.80. The molecule has 2 N–H and O–H groups in total. The third-order valence-corrected chi connectivity index (χ3v) is 2.99. The van der Waals surface area contributed by atoms with Crippen molar-refractivity contribution in [2.24, 2.45) is 0 Å². The maximum atomic E-state index is 5.89. The van der Waals surface area contributed by atoms with Crippen molar-refractivity contribution in [3.05, 3.63) is 18.2 Å². The van der Waals surface area contributed by atoms with Crippen LogP contribution in [0.15, 0.2) is 18.2 Å². The van der Waals surface area contributed by atoms with Crippen LogP contribution in [0.2, 0.25) is 0 Å². The van der Waals surface area contributed by atoms with Crippen LogP contribution in [0.5, 0.6) is 5.75 Å². The Labute approximate surface area is 106 Å². The van der Waals surface area contributed by atoms with Gasteiger partial charge < -0.3 is 10.5 Å². The molecule has 1 atom stereocenters. The minimum absolute atomic E-state index is 0.223. The van der Waals surface area contributed by atoms with E-state index in [9.17, 15) is 0 Å². The monoisotopic (exact) mass is 247 g/mol. The fraction of sp³-hybridized carbons (Fsp3) is 0.417. The Hall–Kier alpha value is -2.11. The third kappa shape index (κ3) is 2.01. The molecule has 0 aliphatic heterocycles. The second kappa shape index (κ2) is 5.03. The first-order valence-electron chi connectivity index (χ1n) is 5.89. The maximum Gasteiger partial charge on any atom is 0.186 e. The first-order chi connectivity index (χ1) is 8.69. The van der Waals surface area contributed by atoms with Gasteiger partial charge in [-0.25, -0.2) is 4.68 Å². The zero-order chi connectivity index (χ0) is 13.1. The largest absolute Gasteiger partial charge is 0.494 e. The van der Waals surface area contributed by atoms with Crippen LogP contribution in [0, 0.1) is 0 Å². The number of nitrogen functional groups attached to an aromatic ring is 1. The molecule has 0 bridgehead atoms. The van der Waals surface area contributed by atoms with Crippen LogP contribution in [-0.4, -0.2) is 27.3 Å². The molecule has 6 heteroatoms. The third-order valence-electron chi connectivity index (χ3n) is 2.99. The van der Waals surface area contributed by atoms with E-state index in [2.05, 4.69) is 29.4 Å². The molecule has 0 saturated heterocycles. The molecule has 0 radical (unpaired) electrons. The molecule has 6 nitrogen and oxygen atoms in total. The van der Waals surface area contributed by atoms with Crippen molar-refractivity contribution in [1.29, 1.82) is 0 Å². The molecule has 1 heterocycles. The summed E-state index contributed by atoms with van der Waals surface area (Å²) in [6, 6.07) is 5.78. The minimum Gasteiger partial charge on any atom is -0.494 e. The van der Waals surface area contributed by atoms with E-state index in [0.29, 0.717) is 17.3 Å². The van der Waals surface area contributed by atoms with Crippen LogP contribution in [0.1, 0.15) is 26.3 Å². The molecular formula is C12H17N5O. The summed E-state index contributed by atoms with van der Waals surface area (Å²) in [4.78, 5) is 0. The van der Waals surface area contributed by atoms with E-state index in [1.807, 2.05) is 12.1 Å². The number of para-hydroxylation sites is 1. The quantitative estimate of drug-likeness (QED) is 0.835. The number of methoxy groups -OCH3 is 1. The number of rotatable bonds is 4. The average molecular weight is 247 g/mol. The van der Waals surface area contributed by atoms with Gasteiger partial charge in [0.25, 0.3) is 0 Å². The van der Waals surface area contributed by atoms with E-state index in [1.165, 1.54) is 0 Å². The van der Waals surface area contributed by atoms with Crippen molar-refractivity contribution >= 4 is 5.69 Å². The molecule has 0 aliphatic rings. The van der Waals surface area contributed by atoms with Gasteiger partial charge in [0.1, 0.15) is 0 Å². The predicted octanol–water partition coefficient (Wildman–Crippen LogP) is 1.90. The van der Waals surface area contributed by atoms with Crippen LogP contribution in [0.4, 0.5) is 5.69 Å². The number of ether oxygens (including phenoxy) is 1. The number of hydrogen-bond acceptors (Lipinski definition) is 5. The number of anilines is 1. The molecular weight excluding hydrogens is 230 g/mol. The van der Waals surface area contributed by atoms with Crippen molar-refractivity contribution in [2.75, 3.05) is 12.8 Å². The van der Waals surface area contributed by atoms with E-state index in [-0.39, 0.29) is 6.04 Å². The Kier molecular flexibility index (Phi) is 3.45. The molecule has 96 valence electrons. The summed E-state index contributed by atoms with van der Waals surface area (Å²) in [5.41, 5.74) is 7.28. The molecule has 0 amide bonds. The Bertz CT molecular complexity index is 537. The van der Waals surface area contributed by atoms with Crippen molar-refractivity contribution in [3.8, 4) is 17.1 Å². The Balaban J connectivity index is 2.56. The van der Waals surface area contributed by atoms with E-state index >= 15 is 0 Å². The van der Waals surface area contributed by atoms with Gasteiger partial charge in [-0.15, -0.1) is 5.10 Å². The van der Waals surface area contributed by atoms with Crippen molar-refractivity contribution in [2.45, 2.75) is 26.3 Å². The highest BCUT2D eigenvalue weighted by molar-refractivity contribution is 5.73. The van der Waals surface area contributed by atoms with Crippen LogP contribution in [0.25, 0.3) is 11.4 Å². The lowest BCUT2D eigenvalue weighted by Crippen LogP contribution is -2.08. The Morgan fingerprint density at radius 3 is 2.89 bits per heavy atom. The Morgan fingerprint density at radius 2 is 2.22 bits per heavy atom. The molecule has 2 aromatic rings. The number of benzene rings is 1. The summed E-state index contributed by atoms with van der Waals surface area (Å²) >= 11 is 0. The van der Waals surface area contributed by atoms with Gasteiger partial charge in [-0.1, -0.05) is 13.0 Å². The van der Waals surface area contributed by atoms with Gasteiger partial charge >= 0.3 is 0 Å². The highest BCUT2D eigenvalue weighted by atomic mass is 16.5. The summed E-state index contributed by atoms with van der Waals surface area (Å²) in [7, 11) is 1.59. The smallest absolute Gasteiger partial charge is 0.186 e. The molecule has 0 saturated carbocycles. The molecule has 1 unspecified atom stereocenters. The van der Waals surface area contributed by atoms with Crippen LogP contribution in [0.3, 0.4) is 0 Å². The molecule has 2 rings (SSSR count). The summed E-state index contributed by atoms with van der Waals surface area (Å²) in [5, 5.41) is 11.8. The van der Waals surface area contributed by atoms with Gasteiger partial charge in [0, 0.05) is 0 Å². The highest BCUT2D eigenvalue weighted by Gasteiger charge is 2.18. The second-order valence-corrected chi connectivity index (χ2v) is 4.13. The first-order valence-corrected chi connectivity index (χ1v) is 5.89. The summed E-state index contributed by atoms with van der Waals surface area (Å²) < 4.78 is 7.12. The SMILES string of the molecule is CCC(C)n1nnnc1-c1cccc(N)c1OC. The standard InChI is InChI=1S/C12H17N5O/c1-4-8(2)17-12(14-15-16-17)9-6-5-7-10(13)11(9)18-3/h5-8H,4,13H2,1-3H3. The van der Waals surface area contributed by atoms with Gasteiger partial charge in [-0.05, 0) is 35.9 Å². The summed E-state index contributed by atoms with van der Waals surface area (Å²) in [6.45, 7) is 4.16. The van der Waals surface area contributed by atoms with E-state index in [0.717, 1.165) is 12.0 Å². The van der Waals surface area contributed by atoms with E-state index in [4.69, 9.17) is 10.5 Å². The van der Waals surface area contributed by atoms with Gasteiger partial charge in [0.2, 0.25) is 0 Å². The number of aromatic nitrogens is 4. The number of nitrogens with two attached hydrogens (primary N) is 1. The molecule has 1 aromatic carbocycles. The minimum atomic E-state index is 0.223. The zero-order valence-electron chi connectivity index (χ0n) is 10.8. The van der Waals surface area contributed by atoms with E-state index < -0.39 is 0 Å². The lowest BCUT2D eigenvalue weighted by Gasteiger charge is -2.13. The van der Waals surface area contributed by atoms with Crippen molar-refractivity contribution in [1.82, 2.24) is 20.2 Å².